The van der Waals surface area contributed by atoms with Gasteiger partial charge in [0.2, 0.25) is 11.8 Å². The van der Waals surface area contributed by atoms with Crippen molar-refractivity contribution in [3.05, 3.63) is 0 Å². The van der Waals surface area contributed by atoms with E-state index in [-0.39, 0.29) is 35.9 Å². The molecule has 1 rings (SSSR count). The first-order valence-corrected chi connectivity index (χ1v) is 8.30. The van der Waals surface area contributed by atoms with Gasteiger partial charge >= 0.3 is 0 Å². The quantitative estimate of drug-likeness (QED) is 0.708. The van der Waals surface area contributed by atoms with Gasteiger partial charge in [0, 0.05) is 26.6 Å². The Hall–Kier alpha value is -1.11. The highest BCUT2D eigenvalue weighted by atomic mass is 32.2. The molecule has 2 amide bonds. The standard InChI is InChI=1S/C12H22N2O4S/c1-4-6-14(10(2)15)8-12(16)13(3)11-5-7-19(17,18)9-11/h11H,4-9H2,1-3H3. The minimum atomic E-state index is -3.00. The molecule has 1 aliphatic rings. The van der Waals surface area contributed by atoms with Crippen molar-refractivity contribution >= 4 is 21.7 Å². The average molecular weight is 290 g/mol. The first-order chi connectivity index (χ1) is 8.76. The Morgan fingerprint density at radius 2 is 1.95 bits per heavy atom. The molecule has 1 aliphatic heterocycles. The van der Waals surface area contributed by atoms with Crippen molar-refractivity contribution < 1.29 is 18.0 Å². The zero-order chi connectivity index (χ0) is 14.6. The molecule has 1 saturated heterocycles. The minimum absolute atomic E-state index is 0.0240. The van der Waals surface area contributed by atoms with Gasteiger partial charge in [0.1, 0.15) is 0 Å². The lowest BCUT2D eigenvalue weighted by Crippen LogP contribution is -2.45. The second-order valence-corrected chi connectivity index (χ2v) is 7.23. The van der Waals surface area contributed by atoms with E-state index in [1.165, 1.54) is 16.7 Å². The van der Waals surface area contributed by atoms with Crippen molar-refractivity contribution in [3.63, 3.8) is 0 Å². The van der Waals surface area contributed by atoms with Crippen LogP contribution in [0.4, 0.5) is 0 Å². The zero-order valence-corrected chi connectivity index (χ0v) is 12.6. The lowest BCUT2D eigenvalue weighted by molar-refractivity contribution is -0.139. The zero-order valence-electron chi connectivity index (χ0n) is 11.8. The molecule has 0 aromatic rings. The van der Waals surface area contributed by atoms with Crippen LogP contribution in [0.5, 0.6) is 0 Å². The molecule has 6 nitrogen and oxygen atoms in total. The summed E-state index contributed by atoms with van der Waals surface area (Å²) in [6, 6.07) is -0.257. The van der Waals surface area contributed by atoms with Crippen LogP contribution >= 0.6 is 0 Å². The monoisotopic (exact) mass is 290 g/mol. The number of amides is 2. The van der Waals surface area contributed by atoms with Crippen LogP contribution in [0.2, 0.25) is 0 Å². The largest absolute Gasteiger partial charge is 0.340 e. The van der Waals surface area contributed by atoms with Gasteiger partial charge in [0.25, 0.3) is 0 Å². The molecule has 0 saturated carbocycles. The molecular weight excluding hydrogens is 268 g/mol. The second-order valence-electron chi connectivity index (χ2n) is 5.00. The maximum absolute atomic E-state index is 12.1. The summed E-state index contributed by atoms with van der Waals surface area (Å²) in [7, 11) is -1.39. The normalized spacial score (nSPS) is 21.1. The van der Waals surface area contributed by atoms with Gasteiger partial charge in [-0.25, -0.2) is 8.42 Å². The summed E-state index contributed by atoms with van der Waals surface area (Å²) in [5.41, 5.74) is 0. The Bertz CT molecular complexity index is 447. The van der Waals surface area contributed by atoms with E-state index in [1.807, 2.05) is 6.92 Å². The summed E-state index contributed by atoms with van der Waals surface area (Å²) in [6.07, 6.45) is 1.27. The van der Waals surface area contributed by atoms with Gasteiger partial charge in [-0.15, -0.1) is 0 Å². The molecule has 0 N–H and O–H groups in total. The van der Waals surface area contributed by atoms with Crippen molar-refractivity contribution in [1.82, 2.24) is 9.80 Å². The Labute approximate surface area is 114 Å². The van der Waals surface area contributed by atoms with Crippen LogP contribution in [-0.2, 0) is 19.4 Å². The van der Waals surface area contributed by atoms with Crippen molar-refractivity contribution in [2.45, 2.75) is 32.7 Å². The molecule has 0 radical (unpaired) electrons. The average Bonchev–Trinajstić information content (AvgIpc) is 2.67. The SMILES string of the molecule is CCCN(CC(=O)N(C)C1CCS(=O)(=O)C1)C(C)=O. The van der Waals surface area contributed by atoms with Gasteiger partial charge < -0.3 is 9.80 Å². The van der Waals surface area contributed by atoms with E-state index in [1.54, 1.807) is 7.05 Å². The van der Waals surface area contributed by atoms with Crippen LogP contribution in [0, 0.1) is 0 Å². The number of nitrogens with zero attached hydrogens (tertiary/aromatic N) is 2. The number of sulfone groups is 1. The topological polar surface area (TPSA) is 74.8 Å². The molecule has 19 heavy (non-hydrogen) atoms. The van der Waals surface area contributed by atoms with Crippen LogP contribution in [0.25, 0.3) is 0 Å². The highest BCUT2D eigenvalue weighted by molar-refractivity contribution is 7.91. The van der Waals surface area contributed by atoms with Gasteiger partial charge in [-0.1, -0.05) is 6.92 Å². The maximum Gasteiger partial charge on any atom is 0.242 e. The Morgan fingerprint density at radius 3 is 2.37 bits per heavy atom. The number of likely N-dealkylation sites (N-methyl/N-ethyl adjacent to an activating group) is 1. The van der Waals surface area contributed by atoms with Crippen molar-refractivity contribution in [2.24, 2.45) is 0 Å². The third-order valence-electron chi connectivity index (χ3n) is 3.41. The molecule has 0 aromatic carbocycles. The first kappa shape index (κ1) is 15.9. The summed E-state index contributed by atoms with van der Waals surface area (Å²) in [5, 5.41) is 0. The third kappa shape index (κ3) is 4.49. The summed E-state index contributed by atoms with van der Waals surface area (Å²) in [4.78, 5) is 26.4. The van der Waals surface area contributed by atoms with Gasteiger partial charge in [0.15, 0.2) is 9.84 Å². The van der Waals surface area contributed by atoms with Crippen molar-refractivity contribution in [3.8, 4) is 0 Å². The molecule has 0 aliphatic carbocycles. The first-order valence-electron chi connectivity index (χ1n) is 6.48. The second kappa shape index (κ2) is 6.36. The minimum Gasteiger partial charge on any atom is -0.340 e. The fourth-order valence-corrected chi connectivity index (χ4v) is 3.95. The number of carbonyl (C=O) groups is 2. The third-order valence-corrected chi connectivity index (χ3v) is 5.16. The van der Waals surface area contributed by atoms with Crippen molar-refractivity contribution in [2.75, 3.05) is 31.6 Å². The van der Waals surface area contributed by atoms with Gasteiger partial charge in [-0.05, 0) is 12.8 Å². The number of hydrogen-bond donors (Lipinski definition) is 0. The van der Waals surface area contributed by atoms with Crippen LogP contribution in [0.3, 0.4) is 0 Å². The van der Waals surface area contributed by atoms with Crippen LogP contribution < -0.4 is 0 Å². The van der Waals surface area contributed by atoms with E-state index in [9.17, 15) is 18.0 Å². The summed E-state index contributed by atoms with van der Waals surface area (Å²) in [6.45, 7) is 3.94. The molecule has 1 unspecified atom stereocenters. The predicted octanol–water partition coefficient (Wildman–Crippen LogP) is -0.110. The molecule has 7 heteroatoms. The van der Waals surface area contributed by atoms with Gasteiger partial charge in [-0.2, -0.15) is 0 Å². The number of rotatable bonds is 5. The number of hydrogen-bond acceptors (Lipinski definition) is 4. The lowest BCUT2D eigenvalue weighted by Gasteiger charge is -2.27. The predicted molar refractivity (Wildman–Crippen MR) is 72.4 cm³/mol. The van der Waals surface area contributed by atoms with Crippen molar-refractivity contribution in [1.29, 1.82) is 0 Å². The molecule has 110 valence electrons. The lowest BCUT2D eigenvalue weighted by atomic mass is 10.2. The molecule has 0 aromatic heterocycles. The molecular formula is C12H22N2O4S. The Morgan fingerprint density at radius 1 is 1.32 bits per heavy atom. The fourth-order valence-electron chi connectivity index (χ4n) is 2.18. The molecule has 1 atom stereocenters. The highest BCUT2D eigenvalue weighted by Gasteiger charge is 2.33. The van der Waals surface area contributed by atoms with E-state index < -0.39 is 9.84 Å². The van der Waals surface area contributed by atoms with E-state index in [0.29, 0.717) is 13.0 Å². The molecule has 0 spiro atoms. The maximum atomic E-state index is 12.1. The van der Waals surface area contributed by atoms with Gasteiger partial charge in [-0.3, -0.25) is 9.59 Å². The van der Waals surface area contributed by atoms with E-state index >= 15 is 0 Å². The summed E-state index contributed by atoms with van der Waals surface area (Å²) in [5.74, 6) is -0.169. The van der Waals surface area contributed by atoms with E-state index in [2.05, 4.69) is 0 Å². The Kier molecular flexibility index (Phi) is 5.34. The number of carbonyl (C=O) groups excluding carboxylic acids is 2. The van der Waals surface area contributed by atoms with Gasteiger partial charge in [0.05, 0.1) is 18.1 Å². The van der Waals surface area contributed by atoms with E-state index in [0.717, 1.165) is 6.42 Å². The van der Waals surface area contributed by atoms with Crippen LogP contribution in [0.1, 0.15) is 26.7 Å². The molecule has 0 bridgehead atoms. The van der Waals surface area contributed by atoms with Crippen LogP contribution in [-0.4, -0.2) is 67.7 Å². The highest BCUT2D eigenvalue weighted by Crippen LogP contribution is 2.16. The smallest absolute Gasteiger partial charge is 0.242 e. The summed E-state index contributed by atoms with van der Waals surface area (Å²) < 4.78 is 22.8. The summed E-state index contributed by atoms with van der Waals surface area (Å²) >= 11 is 0. The van der Waals surface area contributed by atoms with Crippen LogP contribution in [0.15, 0.2) is 0 Å². The molecule has 1 fully saturated rings. The Balaban J connectivity index is 2.60. The molecule has 1 heterocycles. The fraction of sp³-hybridized carbons (Fsp3) is 0.833. The van der Waals surface area contributed by atoms with E-state index in [4.69, 9.17) is 0 Å².